The molecule has 4 heterocycles. The number of aliphatic carboxylic acids is 2. The Hall–Kier alpha value is -1.86. The molecule has 20 atom stereocenters. The van der Waals surface area contributed by atoms with E-state index >= 15 is 0 Å². The van der Waals surface area contributed by atoms with Crippen LogP contribution in [0, 0.1) is 0 Å². The van der Waals surface area contributed by atoms with Crippen LogP contribution in [0.5, 0.6) is 0 Å². The summed E-state index contributed by atoms with van der Waals surface area (Å²) in [5.74, 6) is -3.56. The highest BCUT2D eigenvalue weighted by molar-refractivity contribution is 5.73. The van der Waals surface area contributed by atoms with E-state index in [-0.39, 0.29) is 6.61 Å². The molecule has 0 aromatic heterocycles. The number of carboxylic acid groups (broad SMARTS) is 2. The maximum Gasteiger partial charge on any atom is 0.335 e. The Balaban J connectivity index is 1.47. The summed E-state index contributed by atoms with van der Waals surface area (Å²) in [6.07, 6.45) is -37.6. The van der Waals surface area contributed by atoms with Crippen LogP contribution >= 0.6 is 0 Å². The van der Waals surface area contributed by atoms with Crippen molar-refractivity contribution in [2.45, 2.75) is 142 Å². The summed E-state index contributed by atoms with van der Waals surface area (Å²) in [5, 5.41) is 135. The average molecular weight is 780 g/mol. The van der Waals surface area contributed by atoms with Crippen LogP contribution in [0.2, 0.25) is 0 Å². The molecule has 4 aliphatic rings. The van der Waals surface area contributed by atoms with Crippen LogP contribution in [-0.4, -0.2) is 228 Å². The third-order valence-corrected chi connectivity index (χ3v) is 9.25. The summed E-state index contributed by atoms with van der Waals surface area (Å²) < 4.78 is 43.3. The predicted molar refractivity (Wildman–Crippen MR) is 162 cm³/mol. The van der Waals surface area contributed by atoms with E-state index < -0.39 is 148 Å². The highest BCUT2D eigenvalue weighted by Crippen LogP contribution is 2.34. The van der Waals surface area contributed by atoms with Crippen molar-refractivity contribution in [1.29, 1.82) is 0 Å². The predicted octanol–water partition coefficient (Wildman–Crippen LogP) is -8.41. The topological polar surface area (TPSA) is 397 Å². The van der Waals surface area contributed by atoms with Crippen molar-refractivity contribution in [3.8, 4) is 0 Å². The van der Waals surface area contributed by atoms with Gasteiger partial charge in [0.25, 0.3) is 0 Å². The first-order valence-electron chi connectivity index (χ1n) is 16.8. The van der Waals surface area contributed by atoms with Crippen molar-refractivity contribution in [3.63, 3.8) is 0 Å². The molecule has 24 nitrogen and oxygen atoms in total. The molecule has 0 spiro atoms. The van der Waals surface area contributed by atoms with Gasteiger partial charge in [0.15, 0.2) is 37.4 Å². The lowest BCUT2D eigenvalue weighted by molar-refractivity contribution is -0.385. The number of carbonyl (C=O) groups is 2. The number of carboxylic acids is 2. The second-order valence-corrected chi connectivity index (χ2v) is 12.9. The molecule has 0 bridgehead atoms. The summed E-state index contributed by atoms with van der Waals surface area (Å²) in [5.41, 5.74) is 5.46. The Labute approximate surface area is 300 Å². The SMILES string of the molecule is NCCCCCOC1OC(CO)C(OC2OC(C(=O)O)C(O)C(OC3OC(CO)C(OC4OC(C(=O)O)C(O)C(O)C4O)C(O)C3O)C2O)C(O)C1O. The monoisotopic (exact) mass is 779 g/mol. The molecule has 53 heavy (non-hydrogen) atoms. The normalized spacial score (nSPS) is 46.6. The minimum absolute atomic E-state index is 0.0995. The molecule has 4 saturated heterocycles. The zero-order valence-electron chi connectivity index (χ0n) is 28.0. The quantitative estimate of drug-likeness (QED) is 0.0647. The molecule has 4 fully saturated rings. The number of hydrogen-bond donors (Lipinski definition) is 14. The van der Waals surface area contributed by atoms with Gasteiger partial charge in [0.2, 0.25) is 0 Å². The fourth-order valence-corrected chi connectivity index (χ4v) is 6.26. The van der Waals surface area contributed by atoms with Crippen molar-refractivity contribution in [3.05, 3.63) is 0 Å². The molecule has 0 aromatic rings. The van der Waals surface area contributed by atoms with Crippen molar-refractivity contribution in [1.82, 2.24) is 0 Å². The van der Waals surface area contributed by atoms with Gasteiger partial charge >= 0.3 is 11.9 Å². The van der Waals surface area contributed by atoms with Crippen LogP contribution in [0.4, 0.5) is 0 Å². The highest BCUT2D eigenvalue weighted by atomic mass is 16.8. The van der Waals surface area contributed by atoms with E-state index in [1.807, 2.05) is 0 Å². The Morgan fingerprint density at radius 3 is 1.43 bits per heavy atom. The Kier molecular flexibility index (Phi) is 16.0. The molecule has 15 N–H and O–H groups in total. The molecule has 24 heteroatoms. The molecule has 20 unspecified atom stereocenters. The van der Waals surface area contributed by atoms with E-state index in [0.717, 1.165) is 0 Å². The van der Waals surface area contributed by atoms with Crippen molar-refractivity contribution in [2.75, 3.05) is 26.4 Å². The number of unbranched alkanes of at least 4 members (excludes halogenated alkanes) is 2. The number of rotatable bonds is 16. The third kappa shape index (κ3) is 9.76. The van der Waals surface area contributed by atoms with Gasteiger partial charge in [-0.1, -0.05) is 0 Å². The van der Waals surface area contributed by atoms with E-state index in [9.17, 15) is 76.0 Å². The zero-order valence-corrected chi connectivity index (χ0v) is 28.0. The smallest absolute Gasteiger partial charge is 0.335 e. The largest absolute Gasteiger partial charge is 0.479 e. The third-order valence-electron chi connectivity index (χ3n) is 9.25. The first kappa shape index (κ1) is 43.9. The van der Waals surface area contributed by atoms with Crippen LogP contribution < -0.4 is 5.73 Å². The van der Waals surface area contributed by atoms with E-state index in [4.69, 9.17) is 43.6 Å². The van der Waals surface area contributed by atoms with Crippen molar-refractivity contribution in [2.24, 2.45) is 5.73 Å². The number of nitrogens with two attached hydrogens (primary N) is 1. The maximum atomic E-state index is 12.0. The first-order valence-corrected chi connectivity index (χ1v) is 16.8. The van der Waals surface area contributed by atoms with Crippen LogP contribution in [0.1, 0.15) is 19.3 Å². The van der Waals surface area contributed by atoms with E-state index in [0.29, 0.717) is 25.8 Å². The van der Waals surface area contributed by atoms with Crippen LogP contribution in [-0.2, 0) is 47.5 Å². The summed E-state index contributed by atoms with van der Waals surface area (Å²) in [6, 6.07) is 0. The second-order valence-electron chi connectivity index (χ2n) is 12.9. The molecule has 4 rings (SSSR count). The lowest BCUT2D eigenvalue weighted by atomic mass is 9.95. The van der Waals surface area contributed by atoms with Gasteiger partial charge in [-0.15, -0.1) is 0 Å². The zero-order chi connectivity index (χ0) is 39.3. The molecule has 0 saturated carbocycles. The number of aliphatic hydroxyl groups excluding tert-OH is 11. The minimum atomic E-state index is -2.24. The molecule has 308 valence electrons. The van der Waals surface area contributed by atoms with Crippen molar-refractivity contribution >= 4 is 11.9 Å². The maximum absolute atomic E-state index is 12.0. The standard InChI is InChI=1S/C29H49NO23/c30-4-2-1-3-5-46-26-15(38)12(35)19(8(6-31)47-26)50-29-18(41)21(17(40)23(53-29)25(44)45)51-27-16(39)13(36)20(9(7-32)48-27)49-28-14(37)10(33)11(34)22(52-28)24(42)43/h8-23,26-29,31-41H,1-7,30H2,(H,42,43)(H,44,45). The highest BCUT2D eigenvalue weighted by Gasteiger charge is 2.56. The Morgan fingerprint density at radius 2 is 0.925 bits per heavy atom. The number of ether oxygens (including phenoxy) is 8. The molecular weight excluding hydrogens is 730 g/mol. The Morgan fingerprint density at radius 1 is 0.491 bits per heavy atom. The fourth-order valence-electron chi connectivity index (χ4n) is 6.26. The summed E-state index contributed by atoms with van der Waals surface area (Å²) in [6.45, 7) is -1.31. The minimum Gasteiger partial charge on any atom is -0.479 e. The fraction of sp³-hybridized carbons (Fsp3) is 0.931. The average Bonchev–Trinajstić information content (AvgIpc) is 3.12. The van der Waals surface area contributed by atoms with Gasteiger partial charge in [0.1, 0.15) is 85.5 Å². The van der Waals surface area contributed by atoms with E-state index in [2.05, 4.69) is 0 Å². The van der Waals surface area contributed by atoms with Gasteiger partial charge in [-0.2, -0.15) is 0 Å². The van der Waals surface area contributed by atoms with Crippen LogP contribution in [0.15, 0.2) is 0 Å². The molecule has 0 aromatic carbocycles. The van der Waals surface area contributed by atoms with Gasteiger partial charge < -0.3 is 110 Å². The van der Waals surface area contributed by atoms with Crippen LogP contribution in [0.25, 0.3) is 0 Å². The van der Waals surface area contributed by atoms with Crippen LogP contribution in [0.3, 0.4) is 0 Å². The van der Waals surface area contributed by atoms with E-state index in [1.165, 1.54) is 0 Å². The lowest BCUT2D eigenvalue weighted by Crippen LogP contribution is -2.68. The molecular formula is C29H49NO23. The number of aliphatic hydroxyl groups is 11. The van der Waals surface area contributed by atoms with Crippen molar-refractivity contribution < 1.29 is 114 Å². The molecule has 0 amide bonds. The Bertz CT molecular complexity index is 1170. The van der Waals surface area contributed by atoms with Gasteiger partial charge in [0, 0.05) is 6.61 Å². The van der Waals surface area contributed by atoms with Gasteiger partial charge in [-0.25, -0.2) is 9.59 Å². The van der Waals surface area contributed by atoms with Gasteiger partial charge in [-0.05, 0) is 25.8 Å². The summed E-state index contributed by atoms with van der Waals surface area (Å²) in [4.78, 5) is 23.5. The van der Waals surface area contributed by atoms with Gasteiger partial charge in [-0.3, -0.25) is 0 Å². The second kappa shape index (κ2) is 19.3. The summed E-state index contributed by atoms with van der Waals surface area (Å²) >= 11 is 0. The molecule has 0 aliphatic carbocycles. The summed E-state index contributed by atoms with van der Waals surface area (Å²) in [7, 11) is 0. The number of hydrogen-bond acceptors (Lipinski definition) is 22. The first-order chi connectivity index (χ1) is 25.1. The molecule has 0 radical (unpaired) electrons. The lowest BCUT2D eigenvalue weighted by Gasteiger charge is -2.48. The van der Waals surface area contributed by atoms with Gasteiger partial charge in [0.05, 0.1) is 13.2 Å². The molecule has 4 aliphatic heterocycles. The van der Waals surface area contributed by atoms with E-state index in [1.54, 1.807) is 0 Å².